The molecular formula is C16H42Cl2N12. The molecule has 0 saturated heterocycles. The Bertz CT molecular complexity index is 514. The second kappa shape index (κ2) is 15.8. The molecule has 0 amide bonds. The standard InChI is InChI=1S/2C8H21N6.2ClH/c2*1-6-13(12-7(9)10)8(11-2)14(3,4)5;;/h2*6H2,1-5H3,(H4,9,10,12);2*1H/q2*+1;;/p-2/b2*11-8+;;. The zero-order valence-electron chi connectivity index (χ0n) is 20.0. The molecule has 0 fully saturated rings. The van der Waals surface area contributed by atoms with E-state index in [4.69, 9.17) is 22.3 Å². The fourth-order valence-electron chi connectivity index (χ4n) is 2.40. The Hall–Kier alpha value is -2.02. The molecule has 0 aromatic heterocycles. The van der Waals surface area contributed by atoms with Crippen molar-refractivity contribution < 1.29 is 33.8 Å². The molecule has 8 N–H and O–H groups in total. The van der Waals surface area contributed by atoms with E-state index in [0.29, 0.717) is 22.1 Å². The van der Waals surface area contributed by atoms with Gasteiger partial charge in [-0.05, 0) is 13.8 Å². The summed E-state index contributed by atoms with van der Waals surface area (Å²) in [6.45, 7) is 5.33. The van der Waals surface area contributed by atoms with Gasteiger partial charge < -0.3 is 36.3 Å². The lowest BCUT2D eigenvalue weighted by molar-refractivity contribution is -0.783. The summed E-state index contributed by atoms with van der Waals surface area (Å²) in [5.74, 6) is 1.48. The average molecular weight is 474 g/mol. The van der Waals surface area contributed by atoms with Crippen LogP contribution >= 0.6 is 0 Å². The average Bonchev–Trinajstić information content (AvgIpc) is 2.51. The van der Waals surface area contributed by atoms with Gasteiger partial charge in [0.15, 0.2) is 0 Å². The minimum Gasteiger partial charge on any atom is -1.00 e. The number of nitrogens with zero attached hydrogens (tertiary/aromatic N) is 6. The van der Waals surface area contributed by atoms with Crippen LogP contribution in [0.2, 0.25) is 0 Å². The molecule has 0 saturated carbocycles. The lowest BCUT2D eigenvalue weighted by atomic mass is 10.6. The molecule has 0 unspecified atom stereocenters. The van der Waals surface area contributed by atoms with Gasteiger partial charge in [-0.15, -0.1) is 0 Å². The van der Waals surface area contributed by atoms with Gasteiger partial charge in [-0.2, -0.15) is 0 Å². The van der Waals surface area contributed by atoms with Crippen LogP contribution in [0.4, 0.5) is 0 Å². The highest BCUT2D eigenvalue weighted by Gasteiger charge is 2.25. The maximum Gasteiger partial charge on any atom is 0.318 e. The van der Waals surface area contributed by atoms with E-state index in [2.05, 4.69) is 20.8 Å². The number of aliphatic imine (C=N–C) groups is 2. The third kappa shape index (κ3) is 14.0. The van der Waals surface area contributed by atoms with Crippen LogP contribution in [0.25, 0.3) is 0 Å². The molecule has 0 aliphatic carbocycles. The van der Waals surface area contributed by atoms with Crippen molar-refractivity contribution in [3.05, 3.63) is 0 Å². The van der Waals surface area contributed by atoms with Gasteiger partial charge in [-0.25, -0.2) is 20.0 Å². The smallest absolute Gasteiger partial charge is 0.318 e. The summed E-state index contributed by atoms with van der Waals surface area (Å²) in [7, 11) is 15.5. The Labute approximate surface area is 194 Å². The number of hydrogen-bond donors (Lipinski definition) is 6. The van der Waals surface area contributed by atoms with E-state index in [9.17, 15) is 0 Å². The van der Waals surface area contributed by atoms with E-state index >= 15 is 0 Å². The molecule has 0 aromatic carbocycles. The van der Waals surface area contributed by atoms with Crippen molar-refractivity contribution in [1.82, 2.24) is 20.9 Å². The van der Waals surface area contributed by atoms with E-state index < -0.39 is 0 Å². The number of nitrogens with two attached hydrogens (primary N) is 2. The highest BCUT2D eigenvalue weighted by atomic mass is 35.5. The molecule has 0 aliphatic rings. The molecule has 14 heteroatoms. The monoisotopic (exact) mass is 472 g/mol. The van der Waals surface area contributed by atoms with Crippen molar-refractivity contribution in [3.63, 3.8) is 0 Å². The molecule has 12 nitrogen and oxygen atoms in total. The molecular weight excluding hydrogens is 431 g/mol. The number of guanidine groups is 4. The predicted octanol–water partition coefficient (Wildman–Crippen LogP) is -7.20. The molecule has 0 rings (SSSR count). The third-order valence-electron chi connectivity index (χ3n) is 3.23. The van der Waals surface area contributed by atoms with Crippen LogP contribution in [-0.4, -0.2) is 112 Å². The minimum absolute atomic E-state index is 0. The van der Waals surface area contributed by atoms with Gasteiger partial charge in [-0.3, -0.25) is 30.6 Å². The summed E-state index contributed by atoms with van der Waals surface area (Å²) >= 11 is 0. The van der Waals surface area contributed by atoms with Crippen molar-refractivity contribution in [2.75, 3.05) is 69.5 Å². The zero-order valence-corrected chi connectivity index (χ0v) is 21.5. The predicted molar refractivity (Wildman–Crippen MR) is 118 cm³/mol. The number of hydrazine groups is 2. The van der Waals surface area contributed by atoms with E-state index in [1.54, 1.807) is 24.1 Å². The van der Waals surface area contributed by atoms with Crippen LogP contribution in [0.5, 0.6) is 0 Å². The molecule has 30 heavy (non-hydrogen) atoms. The van der Waals surface area contributed by atoms with Crippen LogP contribution < -0.4 is 47.1 Å². The summed E-state index contributed by atoms with van der Waals surface area (Å²) in [5, 5.41) is 17.8. The van der Waals surface area contributed by atoms with Crippen LogP contribution in [-0.2, 0) is 0 Å². The van der Waals surface area contributed by atoms with Gasteiger partial charge in [0, 0.05) is 27.2 Å². The van der Waals surface area contributed by atoms with Gasteiger partial charge in [0.25, 0.3) is 0 Å². The van der Waals surface area contributed by atoms with Gasteiger partial charge in [0.2, 0.25) is 11.9 Å². The van der Waals surface area contributed by atoms with Crippen LogP contribution in [0.15, 0.2) is 9.98 Å². The molecule has 0 aromatic rings. The van der Waals surface area contributed by atoms with E-state index in [1.165, 1.54) is 0 Å². The Morgan fingerprint density at radius 1 is 0.733 bits per heavy atom. The Kier molecular flexibility index (Phi) is 18.6. The topological polar surface area (TPSA) is 155 Å². The maximum absolute atomic E-state index is 7.16. The van der Waals surface area contributed by atoms with Crippen molar-refractivity contribution in [2.45, 2.75) is 13.8 Å². The van der Waals surface area contributed by atoms with Crippen molar-refractivity contribution in [2.24, 2.45) is 21.5 Å². The van der Waals surface area contributed by atoms with E-state index in [0.717, 1.165) is 11.9 Å². The fourth-order valence-corrected chi connectivity index (χ4v) is 2.40. The summed E-state index contributed by atoms with van der Waals surface area (Å²) in [6.07, 6.45) is 0. The molecule has 0 spiro atoms. The van der Waals surface area contributed by atoms with Gasteiger partial charge in [0.1, 0.15) is 0 Å². The van der Waals surface area contributed by atoms with Crippen LogP contribution in [0.1, 0.15) is 13.8 Å². The second-order valence-corrected chi connectivity index (χ2v) is 7.61. The second-order valence-electron chi connectivity index (χ2n) is 7.61. The first kappa shape index (κ1) is 35.4. The highest BCUT2D eigenvalue weighted by molar-refractivity contribution is 5.80. The third-order valence-corrected chi connectivity index (χ3v) is 3.23. The van der Waals surface area contributed by atoms with Gasteiger partial charge >= 0.3 is 11.9 Å². The van der Waals surface area contributed by atoms with Crippen LogP contribution in [0.3, 0.4) is 0 Å². The summed E-state index contributed by atoms with van der Waals surface area (Å²) in [6, 6.07) is 0. The largest absolute Gasteiger partial charge is 1.00 e. The molecule has 0 heterocycles. The Morgan fingerprint density at radius 3 is 1.07 bits per heavy atom. The number of hydrogen-bond acceptors (Lipinski definition) is 4. The molecule has 0 bridgehead atoms. The maximum atomic E-state index is 7.16. The van der Waals surface area contributed by atoms with Crippen molar-refractivity contribution in [3.8, 4) is 0 Å². The quantitative estimate of drug-likeness (QED) is 0.101. The van der Waals surface area contributed by atoms with Crippen molar-refractivity contribution >= 4 is 23.8 Å². The number of halogens is 2. The fraction of sp³-hybridized carbons (Fsp3) is 0.750. The lowest BCUT2D eigenvalue weighted by Gasteiger charge is -2.32. The minimum atomic E-state index is -0.0820. The molecule has 0 atom stereocenters. The number of quaternary nitrogens is 2. The lowest BCUT2D eigenvalue weighted by Crippen LogP contribution is -3.00. The summed E-state index contributed by atoms with van der Waals surface area (Å²) in [4.78, 5) is 8.37. The number of nitrogens with one attached hydrogen (secondary N) is 4. The number of rotatable bonds is 2. The molecule has 0 aliphatic heterocycles. The zero-order chi connectivity index (χ0) is 22.7. The first-order valence-corrected chi connectivity index (χ1v) is 8.99. The highest BCUT2D eigenvalue weighted by Crippen LogP contribution is 2.00. The first-order chi connectivity index (χ1) is 12.6. The summed E-state index contributed by atoms with van der Waals surface area (Å²) < 4.78 is 1.15. The Balaban J connectivity index is -0.000000211. The first-order valence-electron chi connectivity index (χ1n) is 8.99. The summed E-state index contributed by atoms with van der Waals surface area (Å²) in [5.41, 5.74) is 16.0. The van der Waals surface area contributed by atoms with E-state index in [1.807, 2.05) is 56.1 Å². The van der Waals surface area contributed by atoms with Crippen molar-refractivity contribution in [1.29, 1.82) is 10.8 Å². The normalized spacial score (nSPS) is 11.7. The van der Waals surface area contributed by atoms with Crippen LogP contribution in [0, 0.1) is 10.8 Å². The molecule has 180 valence electrons. The van der Waals surface area contributed by atoms with Gasteiger partial charge in [-0.1, -0.05) is 0 Å². The van der Waals surface area contributed by atoms with Gasteiger partial charge in [0.05, 0.1) is 42.3 Å². The molecule has 0 radical (unpaired) electrons. The Morgan fingerprint density at radius 2 is 0.967 bits per heavy atom. The SMILES string of the molecule is CCN(NC(=N)N)/C(=N\C)[N+](C)(C)C.CCN(NC(=N)N)/C(=N\C)[N+](C)(C)C.[Cl-].[Cl-]. The van der Waals surface area contributed by atoms with E-state index in [-0.39, 0.29) is 36.7 Å².